The maximum Gasteiger partial charge on any atom is 0.259 e. The number of Topliss-reactive ketones (excluding diaryl/α,β-unsaturated/α-hetero) is 1. The Morgan fingerprint density at radius 3 is 3.14 bits per heavy atom. The summed E-state index contributed by atoms with van der Waals surface area (Å²) >= 11 is 0. The van der Waals surface area contributed by atoms with Crippen molar-refractivity contribution in [3.8, 4) is 0 Å². The lowest BCUT2D eigenvalue weighted by Gasteiger charge is -2.28. The van der Waals surface area contributed by atoms with E-state index in [4.69, 9.17) is 4.84 Å². The maximum atomic E-state index is 11.2. The van der Waals surface area contributed by atoms with Gasteiger partial charge in [0.2, 0.25) is 0 Å². The lowest BCUT2D eigenvalue weighted by Crippen LogP contribution is -2.43. The van der Waals surface area contributed by atoms with Crippen LogP contribution in [-0.2, 0) is 9.63 Å². The maximum absolute atomic E-state index is 11.2. The number of nitrogens with zero attached hydrogens (tertiary/aromatic N) is 2. The standard InChI is InChI=1S/C10H14N2O2/c1-3-8-5-4-6-12-9(8)11-14-10(12)7(2)13/h3,10H,4-6H2,1-2H3/b8-3+. The van der Waals surface area contributed by atoms with E-state index in [-0.39, 0.29) is 5.78 Å². The largest absolute Gasteiger partial charge is 0.360 e. The van der Waals surface area contributed by atoms with Gasteiger partial charge >= 0.3 is 0 Å². The summed E-state index contributed by atoms with van der Waals surface area (Å²) in [5.41, 5.74) is 1.18. The molecule has 0 aromatic rings. The van der Waals surface area contributed by atoms with Gasteiger partial charge in [-0.1, -0.05) is 11.2 Å². The molecule has 76 valence electrons. The average molecular weight is 194 g/mol. The zero-order valence-corrected chi connectivity index (χ0v) is 8.49. The molecule has 0 aromatic heterocycles. The van der Waals surface area contributed by atoms with Crippen LogP contribution >= 0.6 is 0 Å². The molecule has 0 N–H and O–H groups in total. The number of fused-ring (bicyclic) bond motifs is 1. The van der Waals surface area contributed by atoms with E-state index in [1.165, 1.54) is 12.5 Å². The van der Waals surface area contributed by atoms with Crippen LogP contribution in [0.1, 0.15) is 26.7 Å². The van der Waals surface area contributed by atoms with Gasteiger partial charge in [0.15, 0.2) is 11.6 Å². The van der Waals surface area contributed by atoms with Gasteiger partial charge < -0.3 is 9.74 Å². The Hall–Kier alpha value is -1.32. The molecule has 1 saturated heterocycles. The van der Waals surface area contributed by atoms with Crippen molar-refractivity contribution in [3.05, 3.63) is 11.6 Å². The van der Waals surface area contributed by atoms with Crippen LogP contribution in [0, 0.1) is 0 Å². The molecule has 0 saturated carbocycles. The van der Waals surface area contributed by atoms with Crippen LogP contribution in [0.5, 0.6) is 0 Å². The number of carbonyl (C=O) groups excluding carboxylic acids is 1. The first-order valence-electron chi connectivity index (χ1n) is 4.90. The van der Waals surface area contributed by atoms with Gasteiger partial charge in [-0.3, -0.25) is 4.79 Å². The molecular weight excluding hydrogens is 180 g/mol. The predicted octanol–water partition coefficient (Wildman–Crippen LogP) is 1.29. The van der Waals surface area contributed by atoms with Crippen molar-refractivity contribution < 1.29 is 9.63 Å². The fourth-order valence-corrected chi connectivity index (χ4v) is 1.91. The lowest BCUT2D eigenvalue weighted by molar-refractivity contribution is -0.133. The molecule has 4 heteroatoms. The molecule has 4 nitrogen and oxygen atoms in total. The van der Waals surface area contributed by atoms with E-state index in [0.717, 1.165) is 25.2 Å². The van der Waals surface area contributed by atoms with Gasteiger partial charge in [-0.25, -0.2) is 0 Å². The molecule has 2 aliphatic heterocycles. The molecule has 0 bridgehead atoms. The van der Waals surface area contributed by atoms with Gasteiger partial charge in [0.25, 0.3) is 6.23 Å². The smallest absolute Gasteiger partial charge is 0.259 e. The number of hydrogen-bond acceptors (Lipinski definition) is 4. The van der Waals surface area contributed by atoms with E-state index in [1.807, 2.05) is 17.9 Å². The molecule has 2 rings (SSSR count). The van der Waals surface area contributed by atoms with Crippen molar-refractivity contribution in [3.63, 3.8) is 0 Å². The summed E-state index contributed by atoms with van der Waals surface area (Å²) in [6.45, 7) is 4.38. The van der Waals surface area contributed by atoms with Crippen molar-refractivity contribution in [2.45, 2.75) is 32.9 Å². The normalized spacial score (nSPS) is 28.4. The molecule has 1 atom stereocenters. The fourth-order valence-electron chi connectivity index (χ4n) is 1.91. The summed E-state index contributed by atoms with van der Waals surface area (Å²) < 4.78 is 0. The minimum Gasteiger partial charge on any atom is -0.360 e. The van der Waals surface area contributed by atoms with Crippen molar-refractivity contribution in [1.82, 2.24) is 4.90 Å². The SMILES string of the molecule is C/C=C1\CCCN2C1=NOC2C(C)=O. The fraction of sp³-hybridized carbons (Fsp3) is 0.600. The highest BCUT2D eigenvalue weighted by Gasteiger charge is 2.36. The van der Waals surface area contributed by atoms with E-state index in [9.17, 15) is 4.79 Å². The van der Waals surface area contributed by atoms with E-state index in [1.54, 1.807) is 0 Å². The van der Waals surface area contributed by atoms with Gasteiger partial charge in [-0.05, 0) is 25.3 Å². The van der Waals surface area contributed by atoms with Crippen LogP contribution in [-0.4, -0.2) is 29.3 Å². The van der Waals surface area contributed by atoms with Gasteiger partial charge in [-0.2, -0.15) is 0 Å². The van der Waals surface area contributed by atoms with Crippen molar-refractivity contribution in [1.29, 1.82) is 0 Å². The third-order valence-corrected chi connectivity index (χ3v) is 2.62. The second-order valence-corrected chi connectivity index (χ2v) is 3.59. The van der Waals surface area contributed by atoms with Gasteiger partial charge in [0, 0.05) is 13.5 Å². The number of oxime groups is 1. The summed E-state index contributed by atoms with van der Waals surface area (Å²) in [6, 6.07) is 0. The Bertz CT molecular complexity index is 320. The van der Waals surface area contributed by atoms with Gasteiger partial charge in [0.1, 0.15) is 0 Å². The minimum absolute atomic E-state index is 0.0149. The highest BCUT2D eigenvalue weighted by molar-refractivity contribution is 6.02. The molecule has 1 unspecified atom stereocenters. The first kappa shape index (κ1) is 9.24. The number of carbonyl (C=O) groups is 1. The topological polar surface area (TPSA) is 41.9 Å². The molecule has 2 heterocycles. The summed E-state index contributed by atoms with van der Waals surface area (Å²) in [6.07, 6.45) is 3.64. The number of amidine groups is 1. The van der Waals surface area contributed by atoms with Crippen LogP contribution < -0.4 is 0 Å². The molecular formula is C10H14N2O2. The monoisotopic (exact) mass is 194 g/mol. The Morgan fingerprint density at radius 1 is 1.71 bits per heavy atom. The Kier molecular flexibility index (Phi) is 2.27. The van der Waals surface area contributed by atoms with Crippen LogP contribution in [0.15, 0.2) is 16.8 Å². The number of piperidine rings is 1. The molecule has 0 amide bonds. The Morgan fingerprint density at radius 2 is 2.50 bits per heavy atom. The second-order valence-electron chi connectivity index (χ2n) is 3.59. The first-order chi connectivity index (χ1) is 6.74. The van der Waals surface area contributed by atoms with Crippen LogP contribution in [0.4, 0.5) is 0 Å². The predicted molar refractivity (Wildman–Crippen MR) is 52.7 cm³/mol. The van der Waals surface area contributed by atoms with E-state index in [0.29, 0.717) is 0 Å². The Balaban J connectivity index is 2.23. The molecule has 2 aliphatic rings. The third kappa shape index (κ3) is 1.31. The van der Waals surface area contributed by atoms with Crippen LogP contribution in [0.2, 0.25) is 0 Å². The van der Waals surface area contributed by atoms with E-state index < -0.39 is 6.23 Å². The number of hydrogen-bond donors (Lipinski definition) is 0. The van der Waals surface area contributed by atoms with E-state index >= 15 is 0 Å². The minimum atomic E-state index is -0.486. The second kappa shape index (κ2) is 3.44. The van der Waals surface area contributed by atoms with Crippen molar-refractivity contribution in [2.24, 2.45) is 5.16 Å². The molecule has 0 aliphatic carbocycles. The third-order valence-electron chi connectivity index (χ3n) is 2.62. The first-order valence-corrected chi connectivity index (χ1v) is 4.90. The molecule has 14 heavy (non-hydrogen) atoms. The summed E-state index contributed by atoms with van der Waals surface area (Å²) in [4.78, 5) is 18.3. The summed E-state index contributed by atoms with van der Waals surface area (Å²) in [7, 11) is 0. The highest BCUT2D eigenvalue weighted by atomic mass is 16.7. The molecule has 0 radical (unpaired) electrons. The highest BCUT2D eigenvalue weighted by Crippen LogP contribution is 2.25. The lowest BCUT2D eigenvalue weighted by atomic mass is 10.0. The quantitative estimate of drug-likeness (QED) is 0.631. The molecule has 0 spiro atoms. The number of rotatable bonds is 1. The van der Waals surface area contributed by atoms with Gasteiger partial charge in [0.05, 0.1) is 0 Å². The average Bonchev–Trinajstić information content (AvgIpc) is 2.60. The summed E-state index contributed by atoms with van der Waals surface area (Å²) in [5, 5.41) is 3.97. The number of allylic oxidation sites excluding steroid dienone is 1. The number of ketones is 1. The van der Waals surface area contributed by atoms with Crippen molar-refractivity contribution >= 4 is 11.6 Å². The van der Waals surface area contributed by atoms with Crippen LogP contribution in [0.3, 0.4) is 0 Å². The summed E-state index contributed by atoms with van der Waals surface area (Å²) in [5.74, 6) is 0.861. The molecule has 0 aromatic carbocycles. The van der Waals surface area contributed by atoms with Crippen LogP contribution in [0.25, 0.3) is 0 Å². The Labute approximate surface area is 83.2 Å². The van der Waals surface area contributed by atoms with Gasteiger partial charge in [-0.15, -0.1) is 0 Å². The van der Waals surface area contributed by atoms with E-state index in [2.05, 4.69) is 5.16 Å². The van der Waals surface area contributed by atoms with Crippen molar-refractivity contribution in [2.75, 3.05) is 6.54 Å². The molecule has 1 fully saturated rings. The zero-order chi connectivity index (χ0) is 10.1. The zero-order valence-electron chi connectivity index (χ0n) is 8.49.